The van der Waals surface area contributed by atoms with Crippen molar-refractivity contribution in [3.63, 3.8) is 0 Å². The summed E-state index contributed by atoms with van der Waals surface area (Å²) in [6, 6.07) is 6.47. The van der Waals surface area contributed by atoms with Gasteiger partial charge in [0, 0.05) is 23.2 Å². The maximum Gasteiger partial charge on any atom is 0.387 e. The molecule has 0 aliphatic rings. The van der Waals surface area contributed by atoms with Gasteiger partial charge in [0.25, 0.3) is 0 Å². The normalized spacial score (nSPS) is 10.9. The highest BCUT2D eigenvalue weighted by atomic mass is 32.1. The molecule has 1 aromatic heterocycles. The first-order valence-electron chi connectivity index (χ1n) is 5.33. The first kappa shape index (κ1) is 12.9. The average Bonchev–Trinajstić information content (AvgIpc) is 2.78. The van der Waals surface area contributed by atoms with Crippen LogP contribution in [-0.2, 0) is 6.54 Å². The van der Waals surface area contributed by atoms with Gasteiger partial charge >= 0.3 is 6.61 Å². The molecule has 2 aromatic rings. The Bertz CT molecular complexity index is 499. The van der Waals surface area contributed by atoms with Crippen LogP contribution < -0.4 is 10.1 Å². The first-order chi connectivity index (χ1) is 8.69. The van der Waals surface area contributed by atoms with Crippen LogP contribution in [0.3, 0.4) is 0 Å². The van der Waals surface area contributed by atoms with Crippen molar-refractivity contribution in [2.24, 2.45) is 0 Å². The Kier molecular flexibility index (Phi) is 4.22. The van der Waals surface area contributed by atoms with Crippen molar-refractivity contribution >= 4 is 11.3 Å². The summed E-state index contributed by atoms with van der Waals surface area (Å²) in [6.45, 7) is -2.03. The van der Waals surface area contributed by atoms with Crippen LogP contribution in [0.2, 0.25) is 0 Å². The molecule has 0 atom stereocenters. The van der Waals surface area contributed by atoms with Crippen molar-refractivity contribution in [1.82, 2.24) is 10.3 Å². The highest BCUT2D eigenvalue weighted by molar-refractivity contribution is 7.15. The highest BCUT2D eigenvalue weighted by Gasteiger charge is 2.07. The van der Waals surface area contributed by atoms with Gasteiger partial charge in [0.15, 0.2) is 0 Å². The first-order valence-corrected chi connectivity index (χ1v) is 6.15. The van der Waals surface area contributed by atoms with Gasteiger partial charge in [-0.05, 0) is 31.3 Å². The van der Waals surface area contributed by atoms with E-state index >= 15 is 0 Å². The van der Waals surface area contributed by atoms with E-state index in [4.69, 9.17) is 0 Å². The molecular weight excluding hydrogens is 258 g/mol. The van der Waals surface area contributed by atoms with Crippen LogP contribution in [-0.4, -0.2) is 18.6 Å². The van der Waals surface area contributed by atoms with Crippen LogP contribution in [0.15, 0.2) is 30.5 Å². The maximum absolute atomic E-state index is 12.0. The van der Waals surface area contributed by atoms with E-state index in [1.807, 2.05) is 7.05 Å². The van der Waals surface area contributed by atoms with Crippen molar-refractivity contribution in [1.29, 1.82) is 0 Å². The van der Waals surface area contributed by atoms with Gasteiger partial charge in [-0.1, -0.05) is 0 Å². The zero-order valence-electron chi connectivity index (χ0n) is 9.69. The van der Waals surface area contributed by atoms with E-state index in [0.29, 0.717) is 0 Å². The number of thiazole rings is 1. The van der Waals surface area contributed by atoms with Gasteiger partial charge in [0.2, 0.25) is 0 Å². The maximum atomic E-state index is 12.0. The van der Waals surface area contributed by atoms with Gasteiger partial charge in [-0.15, -0.1) is 11.3 Å². The second kappa shape index (κ2) is 5.88. The number of nitrogens with one attached hydrogen (secondary N) is 1. The van der Waals surface area contributed by atoms with E-state index in [9.17, 15) is 8.78 Å². The fraction of sp³-hybridized carbons (Fsp3) is 0.250. The molecule has 2 rings (SSSR count). The molecule has 0 radical (unpaired) electrons. The lowest BCUT2D eigenvalue weighted by Gasteiger charge is -2.04. The van der Waals surface area contributed by atoms with Crippen molar-refractivity contribution in [3.8, 4) is 16.3 Å². The molecule has 0 bridgehead atoms. The summed E-state index contributed by atoms with van der Waals surface area (Å²) in [5.41, 5.74) is 0.893. The van der Waals surface area contributed by atoms with Crippen molar-refractivity contribution in [2.45, 2.75) is 13.2 Å². The topological polar surface area (TPSA) is 34.2 Å². The predicted molar refractivity (Wildman–Crippen MR) is 66.9 cm³/mol. The van der Waals surface area contributed by atoms with E-state index in [-0.39, 0.29) is 5.75 Å². The van der Waals surface area contributed by atoms with Gasteiger partial charge in [-0.2, -0.15) is 8.78 Å². The molecule has 1 heterocycles. The molecule has 0 aliphatic heterocycles. The number of ether oxygens (including phenoxy) is 1. The molecule has 0 saturated carbocycles. The van der Waals surface area contributed by atoms with Crippen molar-refractivity contribution < 1.29 is 13.5 Å². The standard InChI is InChI=1S/C12H12F2N2OS/c1-15-6-10-7-16-11(18-10)8-2-4-9(5-3-8)17-12(13)14/h2-5,7,12,15H,6H2,1H3. The monoisotopic (exact) mass is 270 g/mol. The van der Waals surface area contributed by atoms with Crippen molar-refractivity contribution in [3.05, 3.63) is 35.3 Å². The number of aromatic nitrogens is 1. The van der Waals surface area contributed by atoms with E-state index in [0.717, 1.165) is 22.0 Å². The Balaban J connectivity index is 2.12. The Morgan fingerprint density at radius 3 is 2.67 bits per heavy atom. The zero-order valence-corrected chi connectivity index (χ0v) is 10.5. The number of hydrogen-bond acceptors (Lipinski definition) is 4. The lowest BCUT2D eigenvalue weighted by Crippen LogP contribution is -2.02. The summed E-state index contributed by atoms with van der Waals surface area (Å²) < 4.78 is 28.3. The summed E-state index contributed by atoms with van der Waals surface area (Å²) >= 11 is 1.57. The average molecular weight is 270 g/mol. The molecule has 0 unspecified atom stereocenters. The second-order valence-electron chi connectivity index (χ2n) is 3.56. The van der Waals surface area contributed by atoms with Gasteiger partial charge in [-0.25, -0.2) is 4.98 Å². The Labute approximate surface area is 107 Å². The minimum Gasteiger partial charge on any atom is -0.435 e. The van der Waals surface area contributed by atoms with E-state index in [2.05, 4.69) is 15.0 Å². The van der Waals surface area contributed by atoms with Gasteiger partial charge in [-0.3, -0.25) is 0 Å². The fourth-order valence-corrected chi connectivity index (χ4v) is 2.41. The molecule has 0 amide bonds. The van der Waals surface area contributed by atoms with Crippen LogP contribution in [0.5, 0.6) is 5.75 Å². The minimum absolute atomic E-state index is 0.153. The number of benzene rings is 1. The predicted octanol–water partition coefficient (Wildman–Crippen LogP) is 3.13. The Morgan fingerprint density at radius 2 is 2.06 bits per heavy atom. The van der Waals surface area contributed by atoms with Gasteiger partial charge in [0.05, 0.1) is 0 Å². The van der Waals surface area contributed by atoms with Gasteiger partial charge in [0.1, 0.15) is 10.8 Å². The number of nitrogens with zero attached hydrogens (tertiary/aromatic N) is 1. The Morgan fingerprint density at radius 1 is 1.33 bits per heavy atom. The quantitative estimate of drug-likeness (QED) is 0.906. The molecule has 1 N–H and O–H groups in total. The zero-order chi connectivity index (χ0) is 13.0. The SMILES string of the molecule is CNCc1cnc(-c2ccc(OC(F)F)cc2)s1. The molecule has 18 heavy (non-hydrogen) atoms. The number of rotatable bonds is 5. The minimum atomic E-state index is -2.79. The summed E-state index contributed by atoms with van der Waals surface area (Å²) in [4.78, 5) is 5.41. The summed E-state index contributed by atoms with van der Waals surface area (Å²) in [5.74, 6) is 0.153. The fourth-order valence-electron chi connectivity index (χ4n) is 1.48. The molecule has 0 saturated heterocycles. The number of halogens is 2. The summed E-state index contributed by atoms with van der Waals surface area (Å²) in [7, 11) is 1.87. The third-order valence-corrected chi connectivity index (χ3v) is 3.28. The van der Waals surface area contributed by atoms with Crippen molar-refractivity contribution in [2.75, 3.05) is 7.05 Å². The largest absolute Gasteiger partial charge is 0.435 e. The molecule has 6 heteroatoms. The Hall–Kier alpha value is -1.53. The smallest absolute Gasteiger partial charge is 0.387 e. The third-order valence-electron chi connectivity index (χ3n) is 2.23. The van der Waals surface area contributed by atoms with Gasteiger partial charge < -0.3 is 10.1 Å². The molecule has 3 nitrogen and oxygen atoms in total. The number of alkyl halides is 2. The van der Waals surface area contributed by atoms with Crippen LogP contribution in [0.1, 0.15) is 4.88 Å². The van der Waals surface area contributed by atoms with Crippen LogP contribution in [0.25, 0.3) is 10.6 Å². The number of hydrogen-bond donors (Lipinski definition) is 1. The molecular formula is C12H12F2N2OS. The molecule has 0 fully saturated rings. The molecule has 96 valence electrons. The molecule has 1 aromatic carbocycles. The van der Waals surface area contributed by atoms with E-state index < -0.39 is 6.61 Å². The van der Waals surface area contributed by atoms with Crippen LogP contribution >= 0.6 is 11.3 Å². The molecule has 0 aliphatic carbocycles. The van der Waals surface area contributed by atoms with Crippen LogP contribution in [0.4, 0.5) is 8.78 Å². The summed E-state index contributed by atoms with van der Waals surface area (Å²) in [6.07, 6.45) is 1.81. The van der Waals surface area contributed by atoms with E-state index in [1.54, 1.807) is 29.7 Å². The van der Waals surface area contributed by atoms with Crippen LogP contribution in [0, 0.1) is 0 Å². The summed E-state index contributed by atoms with van der Waals surface area (Å²) in [5, 5.41) is 3.91. The second-order valence-corrected chi connectivity index (χ2v) is 4.68. The van der Waals surface area contributed by atoms with E-state index in [1.165, 1.54) is 12.1 Å². The highest BCUT2D eigenvalue weighted by Crippen LogP contribution is 2.27. The third kappa shape index (κ3) is 3.24. The lowest BCUT2D eigenvalue weighted by molar-refractivity contribution is -0.0498. The lowest BCUT2D eigenvalue weighted by atomic mass is 10.2. The molecule has 0 spiro atoms.